The van der Waals surface area contributed by atoms with E-state index in [-0.39, 0.29) is 0 Å². The number of hydrogen-bond donors (Lipinski definition) is 1. The van der Waals surface area contributed by atoms with Crippen molar-refractivity contribution < 1.29 is 0 Å². The summed E-state index contributed by atoms with van der Waals surface area (Å²) in [5.74, 6) is 0. The Kier molecular flexibility index (Phi) is 5.55. The minimum absolute atomic E-state index is 0.792. The molecule has 0 saturated heterocycles. The lowest BCUT2D eigenvalue weighted by Gasteiger charge is -2.22. The second kappa shape index (κ2) is 8.02. The molecule has 0 amide bonds. The van der Waals surface area contributed by atoms with Crippen molar-refractivity contribution in [2.75, 3.05) is 11.4 Å². The smallest absolute Gasteiger partial charge is 0.0922 e. The molecule has 1 aromatic heterocycles. The molecule has 3 aromatic rings. The van der Waals surface area contributed by atoms with E-state index in [1.807, 2.05) is 18.3 Å². The minimum Gasteiger partial charge on any atom is -0.366 e. The summed E-state index contributed by atoms with van der Waals surface area (Å²) in [5, 5.41) is 0.792. The van der Waals surface area contributed by atoms with Gasteiger partial charge in [0.25, 0.3) is 0 Å². The summed E-state index contributed by atoms with van der Waals surface area (Å²) in [5.41, 5.74) is 5.04. The first-order valence-electron chi connectivity index (χ1n) is 8.30. The van der Waals surface area contributed by atoms with Gasteiger partial charge in [0.2, 0.25) is 0 Å². The van der Waals surface area contributed by atoms with E-state index in [2.05, 4.69) is 58.2 Å². The topological polar surface area (TPSA) is 31.9 Å². The summed E-state index contributed by atoms with van der Waals surface area (Å²) < 4.78 is 0. The molecule has 1 heterocycles. The van der Waals surface area contributed by atoms with E-state index in [1.165, 1.54) is 16.8 Å². The number of aryl methyl sites for hydroxylation is 2. The van der Waals surface area contributed by atoms with E-state index in [0.717, 1.165) is 36.6 Å². The van der Waals surface area contributed by atoms with E-state index in [1.54, 1.807) is 6.33 Å². The van der Waals surface area contributed by atoms with Crippen molar-refractivity contribution in [1.29, 1.82) is 0 Å². The summed E-state index contributed by atoms with van der Waals surface area (Å²) in [6.07, 6.45) is 5.67. The highest BCUT2D eigenvalue weighted by Gasteiger charge is 2.06. The monoisotopic (exact) mass is 339 g/mol. The first kappa shape index (κ1) is 16.6. The number of anilines is 1. The number of nitrogens with zero attached hydrogens (tertiary/aromatic N) is 2. The maximum Gasteiger partial charge on any atom is 0.0922 e. The molecule has 0 unspecified atom stereocenters. The fraction of sp³-hybridized carbons (Fsp3) is 0.250. The van der Waals surface area contributed by atoms with Gasteiger partial charge < -0.3 is 9.88 Å². The lowest BCUT2D eigenvalue weighted by molar-refractivity contribution is 0.814. The fourth-order valence-electron chi connectivity index (χ4n) is 2.78. The van der Waals surface area contributed by atoms with Crippen LogP contribution >= 0.6 is 11.6 Å². The summed E-state index contributed by atoms with van der Waals surface area (Å²) in [4.78, 5) is 9.58. The van der Waals surface area contributed by atoms with Gasteiger partial charge in [-0.25, -0.2) is 4.98 Å². The van der Waals surface area contributed by atoms with Gasteiger partial charge in [-0.3, -0.25) is 0 Å². The third-order valence-corrected chi connectivity index (χ3v) is 4.47. The maximum atomic E-state index is 5.93. The van der Waals surface area contributed by atoms with Gasteiger partial charge in [0.15, 0.2) is 0 Å². The van der Waals surface area contributed by atoms with Crippen LogP contribution in [0.3, 0.4) is 0 Å². The molecule has 0 spiro atoms. The molecule has 3 nitrogen and oxygen atoms in total. The molecule has 24 heavy (non-hydrogen) atoms. The predicted octanol–water partition coefficient (Wildman–Crippen LogP) is 4.87. The Morgan fingerprint density at radius 1 is 0.958 bits per heavy atom. The molecule has 0 aliphatic carbocycles. The molecule has 0 bridgehead atoms. The van der Waals surface area contributed by atoms with Crippen molar-refractivity contribution in [3.8, 4) is 0 Å². The molecular formula is C20H22ClN3. The lowest BCUT2D eigenvalue weighted by atomic mass is 10.0. The number of imidazole rings is 1. The maximum absolute atomic E-state index is 5.93. The van der Waals surface area contributed by atoms with Gasteiger partial charge in [-0.1, -0.05) is 35.9 Å². The highest BCUT2D eigenvalue weighted by Crippen LogP contribution is 2.18. The Labute approximate surface area is 148 Å². The number of aromatic amines is 1. The van der Waals surface area contributed by atoms with Gasteiger partial charge in [0.05, 0.1) is 18.6 Å². The molecule has 0 aliphatic rings. The number of benzene rings is 2. The van der Waals surface area contributed by atoms with E-state index >= 15 is 0 Å². The molecule has 124 valence electrons. The number of nitrogens with one attached hydrogen (secondary N) is 1. The molecule has 0 aliphatic heterocycles. The summed E-state index contributed by atoms with van der Waals surface area (Å²) >= 11 is 5.93. The van der Waals surface area contributed by atoms with Crippen LogP contribution in [0.5, 0.6) is 0 Å². The lowest BCUT2D eigenvalue weighted by Crippen LogP contribution is -2.22. The first-order chi connectivity index (χ1) is 11.7. The van der Waals surface area contributed by atoms with Crippen molar-refractivity contribution in [2.45, 2.75) is 26.3 Å². The van der Waals surface area contributed by atoms with Crippen molar-refractivity contribution in [2.24, 2.45) is 0 Å². The molecule has 4 heteroatoms. The third kappa shape index (κ3) is 4.39. The molecular weight excluding hydrogens is 318 g/mol. The molecule has 0 radical (unpaired) electrons. The normalized spacial score (nSPS) is 10.8. The van der Waals surface area contributed by atoms with Crippen molar-refractivity contribution in [3.05, 3.63) is 82.9 Å². The molecule has 0 fully saturated rings. The summed E-state index contributed by atoms with van der Waals surface area (Å²) in [7, 11) is 0. The minimum atomic E-state index is 0.792. The van der Waals surface area contributed by atoms with Crippen molar-refractivity contribution in [1.82, 2.24) is 9.97 Å². The molecule has 1 N–H and O–H groups in total. The Morgan fingerprint density at radius 3 is 2.12 bits per heavy atom. The van der Waals surface area contributed by atoms with E-state index < -0.39 is 0 Å². The SMILES string of the molecule is CCN(Cc1cnc[nH]1)c1ccc(CCc2ccc(Cl)cc2)cc1. The van der Waals surface area contributed by atoms with Crippen LogP contribution in [0.2, 0.25) is 5.02 Å². The third-order valence-electron chi connectivity index (χ3n) is 4.21. The Balaban J connectivity index is 1.60. The molecule has 0 saturated carbocycles. The summed E-state index contributed by atoms with van der Waals surface area (Å²) in [6, 6.07) is 17.0. The number of aromatic nitrogens is 2. The summed E-state index contributed by atoms with van der Waals surface area (Å²) in [6.45, 7) is 3.98. The molecule has 3 rings (SSSR count). The zero-order chi connectivity index (χ0) is 16.8. The van der Waals surface area contributed by atoms with Gasteiger partial charge in [-0.2, -0.15) is 0 Å². The van der Waals surface area contributed by atoms with Crippen molar-refractivity contribution >= 4 is 17.3 Å². The van der Waals surface area contributed by atoms with E-state index in [4.69, 9.17) is 11.6 Å². The van der Waals surface area contributed by atoms with Crippen LogP contribution in [0.1, 0.15) is 23.7 Å². The molecule has 0 atom stereocenters. The second-order valence-corrected chi connectivity index (χ2v) is 6.32. The second-order valence-electron chi connectivity index (χ2n) is 5.88. The zero-order valence-corrected chi connectivity index (χ0v) is 14.6. The van der Waals surface area contributed by atoms with Crippen LogP contribution in [-0.2, 0) is 19.4 Å². The standard InChI is InChI=1S/C20H22ClN3/c1-2-24(14-19-13-22-15-23-19)20-11-7-17(8-12-20)4-3-16-5-9-18(21)10-6-16/h5-13,15H,2-4,14H2,1H3,(H,22,23). The van der Waals surface area contributed by atoms with Gasteiger partial charge >= 0.3 is 0 Å². The Hall–Kier alpha value is -2.26. The average Bonchev–Trinajstić information content (AvgIpc) is 3.13. The fourth-order valence-corrected chi connectivity index (χ4v) is 2.90. The highest BCUT2D eigenvalue weighted by atomic mass is 35.5. The largest absolute Gasteiger partial charge is 0.366 e. The van der Waals surface area contributed by atoms with Crippen LogP contribution in [0.25, 0.3) is 0 Å². The number of H-pyrrole nitrogens is 1. The molecule has 2 aromatic carbocycles. The Bertz CT molecular complexity index is 734. The van der Waals surface area contributed by atoms with Crippen LogP contribution < -0.4 is 4.90 Å². The van der Waals surface area contributed by atoms with Gasteiger partial charge in [0, 0.05) is 23.5 Å². The van der Waals surface area contributed by atoms with Crippen LogP contribution in [0.15, 0.2) is 61.1 Å². The number of hydrogen-bond acceptors (Lipinski definition) is 2. The van der Waals surface area contributed by atoms with Gasteiger partial charge in [0.1, 0.15) is 0 Å². The Morgan fingerprint density at radius 2 is 1.58 bits per heavy atom. The number of halogens is 1. The first-order valence-corrected chi connectivity index (χ1v) is 8.68. The van der Waals surface area contributed by atoms with Gasteiger partial charge in [-0.05, 0) is 55.2 Å². The highest BCUT2D eigenvalue weighted by molar-refractivity contribution is 6.30. The zero-order valence-electron chi connectivity index (χ0n) is 13.9. The quantitative estimate of drug-likeness (QED) is 0.665. The average molecular weight is 340 g/mol. The number of rotatable bonds is 7. The van der Waals surface area contributed by atoms with Gasteiger partial charge in [-0.15, -0.1) is 0 Å². The van der Waals surface area contributed by atoms with E-state index in [0.29, 0.717) is 0 Å². The predicted molar refractivity (Wildman–Crippen MR) is 101 cm³/mol. The van der Waals surface area contributed by atoms with E-state index in [9.17, 15) is 0 Å². The van der Waals surface area contributed by atoms with Crippen LogP contribution in [0, 0.1) is 0 Å². The van der Waals surface area contributed by atoms with Crippen molar-refractivity contribution in [3.63, 3.8) is 0 Å². The van der Waals surface area contributed by atoms with Crippen LogP contribution in [-0.4, -0.2) is 16.5 Å². The van der Waals surface area contributed by atoms with Crippen LogP contribution in [0.4, 0.5) is 5.69 Å².